The fourth-order valence-electron chi connectivity index (χ4n) is 2.64. The summed E-state index contributed by atoms with van der Waals surface area (Å²) < 4.78 is 10.6. The number of hydrogen-bond acceptors (Lipinski definition) is 7. The van der Waals surface area contributed by atoms with Gasteiger partial charge in [0.15, 0.2) is 0 Å². The van der Waals surface area contributed by atoms with E-state index in [1.807, 2.05) is 18.2 Å². The molecule has 1 heterocycles. The first-order valence-electron chi connectivity index (χ1n) is 8.63. The minimum atomic E-state index is -0.421. The largest absolute Gasteiger partial charge is 0.496 e. The fraction of sp³-hybridized carbons (Fsp3) is 0.263. The molecular weight excluding hydrogens is 348 g/mol. The standard InChI is InChI=1S/C19H20N4O4/c1-3-4-11-20-15-10-9-13(12-16(15)23(24)25)19-21-18(22-27-19)14-7-5-6-8-17(14)26-2/h5-10,12,20H,3-4,11H2,1-2H3. The predicted molar refractivity (Wildman–Crippen MR) is 102 cm³/mol. The van der Waals surface area contributed by atoms with Crippen molar-refractivity contribution < 1.29 is 14.2 Å². The molecule has 1 aromatic heterocycles. The van der Waals surface area contributed by atoms with Crippen LogP contribution in [-0.4, -0.2) is 28.7 Å². The molecule has 27 heavy (non-hydrogen) atoms. The number of nitro groups is 1. The average molecular weight is 368 g/mol. The van der Waals surface area contributed by atoms with E-state index in [4.69, 9.17) is 9.26 Å². The summed E-state index contributed by atoms with van der Waals surface area (Å²) in [6, 6.07) is 12.1. The zero-order valence-electron chi connectivity index (χ0n) is 15.1. The lowest BCUT2D eigenvalue weighted by atomic mass is 10.1. The van der Waals surface area contributed by atoms with Crippen molar-refractivity contribution in [2.75, 3.05) is 19.0 Å². The molecule has 0 aliphatic heterocycles. The summed E-state index contributed by atoms with van der Waals surface area (Å²) in [7, 11) is 1.56. The van der Waals surface area contributed by atoms with Crippen LogP contribution in [0, 0.1) is 10.1 Å². The third-order valence-electron chi connectivity index (χ3n) is 4.06. The van der Waals surface area contributed by atoms with Crippen molar-refractivity contribution in [3.8, 4) is 28.6 Å². The molecule has 0 aliphatic rings. The highest BCUT2D eigenvalue weighted by molar-refractivity contribution is 5.71. The molecule has 0 radical (unpaired) electrons. The number of nitro benzene ring substituents is 1. The smallest absolute Gasteiger partial charge is 0.293 e. The van der Waals surface area contributed by atoms with Crippen LogP contribution in [0.15, 0.2) is 47.0 Å². The lowest BCUT2D eigenvalue weighted by molar-refractivity contribution is -0.383. The number of nitrogens with zero attached hydrogens (tertiary/aromatic N) is 3. The second kappa shape index (κ2) is 8.31. The quantitative estimate of drug-likeness (QED) is 0.354. The van der Waals surface area contributed by atoms with Crippen LogP contribution in [0.4, 0.5) is 11.4 Å². The number of benzene rings is 2. The Morgan fingerprint density at radius 2 is 2.07 bits per heavy atom. The minimum Gasteiger partial charge on any atom is -0.496 e. The molecule has 0 atom stereocenters. The highest BCUT2D eigenvalue weighted by atomic mass is 16.6. The van der Waals surface area contributed by atoms with Crippen LogP contribution in [0.2, 0.25) is 0 Å². The third-order valence-corrected chi connectivity index (χ3v) is 4.06. The second-order valence-electron chi connectivity index (χ2n) is 5.89. The number of aromatic nitrogens is 2. The molecule has 0 aliphatic carbocycles. The summed E-state index contributed by atoms with van der Waals surface area (Å²) >= 11 is 0. The lowest BCUT2D eigenvalue weighted by Gasteiger charge is -2.07. The summed E-state index contributed by atoms with van der Waals surface area (Å²) in [4.78, 5) is 15.4. The first-order valence-corrected chi connectivity index (χ1v) is 8.63. The Bertz CT molecular complexity index is 939. The van der Waals surface area contributed by atoms with E-state index in [2.05, 4.69) is 22.4 Å². The van der Waals surface area contributed by atoms with Gasteiger partial charge < -0.3 is 14.6 Å². The van der Waals surface area contributed by atoms with Gasteiger partial charge >= 0.3 is 0 Å². The average Bonchev–Trinajstić information content (AvgIpc) is 3.18. The monoisotopic (exact) mass is 368 g/mol. The van der Waals surface area contributed by atoms with Crippen molar-refractivity contribution in [3.05, 3.63) is 52.6 Å². The van der Waals surface area contributed by atoms with E-state index in [1.165, 1.54) is 6.07 Å². The van der Waals surface area contributed by atoms with Crippen molar-refractivity contribution in [3.63, 3.8) is 0 Å². The Kier molecular flexibility index (Phi) is 5.65. The van der Waals surface area contributed by atoms with Gasteiger partial charge in [-0.2, -0.15) is 4.98 Å². The number of ether oxygens (including phenoxy) is 1. The maximum atomic E-state index is 11.4. The van der Waals surface area contributed by atoms with E-state index < -0.39 is 4.92 Å². The molecule has 0 amide bonds. The van der Waals surface area contributed by atoms with Crippen molar-refractivity contribution in [1.29, 1.82) is 0 Å². The molecule has 0 spiro atoms. The summed E-state index contributed by atoms with van der Waals surface area (Å²) in [5.41, 5.74) is 1.61. The lowest BCUT2D eigenvalue weighted by Crippen LogP contribution is -2.04. The number of rotatable bonds is 8. The molecule has 1 N–H and O–H groups in total. The van der Waals surface area contributed by atoms with Gasteiger partial charge in [0.2, 0.25) is 5.82 Å². The number of hydrogen-bond donors (Lipinski definition) is 1. The van der Waals surface area contributed by atoms with E-state index in [0.717, 1.165) is 12.8 Å². The molecule has 0 bridgehead atoms. The summed E-state index contributed by atoms with van der Waals surface area (Å²) in [6.07, 6.45) is 1.94. The molecule has 140 valence electrons. The van der Waals surface area contributed by atoms with Gasteiger partial charge in [-0.25, -0.2) is 0 Å². The number of para-hydroxylation sites is 1. The topological polar surface area (TPSA) is 103 Å². The number of unbranched alkanes of at least 4 members (excludes halogenated alkanes) is 1. The maximum absolute atomic E-state index is 11.4. The van der Waals surface area contributed by atoms with Crippen LogP contribution < -0.4 is 10.1 Å². The van der Waals surface area contributed by atoms with Crippen LogP contribution in [-0.2, 0) is 0 Å². The van der Waals surface area contributed by atoms with Gasteiger partial charge in [-0.05, 0) is 30.7 Å². The van der Waals surface area contributed by atoms with E-state index in [9.17, 15) is 10.1 Å². The van der Waals surface area contributed by atoms with Crippen molar-refractivity contribution in [2.45, 2.75) is 19.8 Å². The van der Waals surface area contributed by atoms with Crippen LogP contribution in [0.5, 0.6) is 5.75 Å². The highest BCUT2D eigenvalue weighted by Gasteiger charge is 2.19. The second-order valence-corrected chi connectivity index (χ2v) is 5.89. The van der Waals surface area contributed by atoms with Gasteiger partial charge in [-0.15, -0.1) is 0 Å². The zero-order chi connectivity index (χ0) is 19.2. The van der Waals surface area contributed by atoms with Gasteiger partial charge in [0.1, 0.15) is 11.4 Å². The number of methoxy groups -OCH3 is 1. The molecule has 0 saturated heterocycles. The Hall–Kier alpha value is -3.42. The molecule has 0 unspecified atom stereocenters. The van der Waals surface area contributed by atoms with E-state index >= 15 is 0 Å². The van der Waals surface area contributed by atoms with Crippen molar-refractivity contribution in [2.24, 2.45) is 0 Å². The Morgan fingerprint density at radius 1 is 1.26 bits per heavy atom. The van der Waals surface area contributed by atoms with E-state index in [-0.39, 0.29) is 11.6 Å². The fourth-order valence-corrected chi connectivity index (χ4v) is 2.64. The molecule has 0 fully saturated rings. The van der Waals surface area contributed by atoms with Crippen molar-refractivity contribution in [1.82, 2.24) is 10.1 Å². The van der Waals surface area contributed by atoms with E-state index in [1.54, 1.807) is 25.3 Å². The first-order chi connectivity index (χ1) is 13.1. The van der Waals surface area contributed by atoms with Crippen LogP contribution >= 0.6 is 0 Å². The molecular formula is C19H20N4O4. The van der Waals surface area contributed by atoms with Gasteiger partial charge in [0.05, 0.1) is 17.6 Å². The van der Waals surface area contributed by atoms with Crippen LogP contribution in [0.3, 0.4) is 0 Å². The van der Waals surface area contributed by atoms with Gasteiger partial charge in [-0.1, -0.05) is 30.6 Å². The van der Waals surface area contributed by atoms with Crippen LogP contribution in [0.1, 0.15) is 19.8 Å². The predicted octanol–water partition coefficient (Wildman–Crippen LogP) is 4.53. The highest BCUT2D eigenvalue weighted by Crippen LogP contribution is 2.32. The Balaban J connectivity index is 1.92. The third kappa shape index (κ3) is 4.05. The first kappa shape index (κ1) is 18.4. The summed E-state index contributed by atoms with van der Waals surface area (Å²) in [5.74, 6) is 1.18. The zero-order valence-corrected chi connectivity index (χ0v) is 15.1. The maximum Gasteiger partial charge on any atom is 0.293 e. The molecule has 2 aromatic carbocycles. The van der Waals surface area contributed by atoms with Gasteiger partial charge in [0, 0.05) is 18.2 Å². The van der Waals surface area contributed by atoms with Gasteiger partial charge in [0.25, 0.3) is 11.6 Å². The number of anilines is 1. The summed E-state index contributed by atoms with van der Waals surface area (Å²) in [6.45, 7) is 2.74. The van der Waals surface area contributed by atoms with Crippen LogP contribution in [0.25, 0.3) is 22.8 Å². The van der Waals surface area contributed by atoms with Gasteiger partial charge in [-0.3, -0.25) is 10.1 Å². The number of nitrogens with one attached hydrogen (secondary N) is 1. The molecule has 3 aromatic rings. The summed E-state index contributed by atoms with van der Waals surface area (Å²) in [5, 5.41) is 18.5. The minimum absolute atomic E-state index is 0.0272. The molecule has 3 rings (SSSR count). The van der Waals surface area contributed by atoms with Crippen molar-refractivity contribution >= 4 is 11.4 Å². The SMILES string of the molecule is CCCCNc1ccc(-c2nc(-c3ccccc3OC)no2)cc1[N+](=O)[O-]. The van der Waals surface area contributed by atoms with E-state index in [0.29, 0.717) is 34.9 Å². The normalized spacial score (nSPS) is 10.6. The molecule has 8 heteroatoms. The molecule has 8 nitrogen and oxygen atoms in total. The molecule has 0 saturated carbocycles. The Morgan fingerprint density at radius 3 is 2.81 bits per heavy atom. The Labute approximate surface area is 156 Å².